The van der Waals surface area contributed by atoms with Crippen molar-refractivity contribution in [3.8, 4) is 0 Å². The van der Waals surface area contributed by atoms with Gasteiger partial charge in [-0.05, 0) is 19.1 Å². The maximum Gasteiger partial charge on any atom is 0.286 e. The van der Waals surface area contributed by atoms with E-state index in [2.05, 4.69) is 10.3 Å². The van der Waals surface area contributed by atoms with E-state index in [-0.39, 0.29) is 16.9 Å². The lowest BCUT2D eigenvalue weighted by atomic mass is 10.2. The molecule has 2 rings (SSSR count). The van der Waals surface area contributed by atoms with E-state index in [1.54, 1.807) is 24.5 Å². The SMILES string of the molecule is CC(=O)c1ccncc1.O=C1CSC(=O)N1. The number of nitrogens with zero attached hydrogens (tertiary/aromatic N) is 1. The van der Waals surface area contributed by atoms with Crippen LogP contribution in [0, 0.1) is 0 Å². The predicted molar refractivity (Wildman–Crippen MR) is 60.2 cm³/mol. The first-order valence-electron chi connectivity index (χ1n) is 4.47. The highest BCUT2D eigenvalue weighted by Gasteiger charge is 2.16. The molecule has 84 valence electrons. The van der Waals surface area contributed by atoms with Gasteiger partial charge >= 0.3 is 0 Å². The van der Waals surface area contributed by atoms with E-state index in [0.29, 0.717) is 11.3 Å². The molecule has 1 aromatic rings. The van der Waals surface area contributed by atoms with Crippen molar-refractivity contribution in [2.45, 2.75) is 6.92 Å². The van der Waals surface area contributed by atoms with Crippen molar-refractivity contribution in [3.63, 3.8) is 0 Å². The first kappa shape index (κ1) is 12.4. The van der Waals surface area contributed by atoms with Crippen LogP contribution in [0.15, 0.2) is 24.5 Å². The summed E-state index contributed by atoms with van der Waals surface area (Å²) in [6, 6.07) is 3.39. The summed E-state index contributed by atoms with van der Waals surface area (Å²) >= 11 is 1.01. The number of thioether (sulfide) groups is 1. The molecule has 1 saturated heterocycles. The molecule has 0 aliphatic carbocycles. The monoisotopic (exact) mass is 238 g/mol. The number of Topliss-reactive ketones (excluding diaryl/α,β-unsaturated/α-hetero) is 1. The number of hydrogen-bond acceptors (Lipinski definition) is 5. The minimum absolute atomic E-state index is 0.0809. The quantitative estimate of drug-likeness (QED) is 0.745. The number of aromatic nitrogens is 1. The number of carbonyl (C=O) groups excluding carboxylic acids is 3. The van der Waals surface area contributed by atoms with Crippen molar-refractivity contribution in [1.29, 1.82) is 0 Å². The number of ketones is 1. The minimum Gasteiger partial charge on any atom is -0.295 e. The van der Waals surface area contributed by atoms with E-state index in [0.717, 1.165) is 11.8 Å². The minimum atomic E-state index is -0.231. The summed E-state index contributed by atoms with van der Waals surface area (Å²) in [6.45, 7) is 1.54. The summed E-state index contributed by atoms with van der Waals surface area (Å²) in [5.74, 6) is 0.186. The van der Waals surface area contributed by atoms with E-state index >= 15 is 0 Å². The van der Waals surface area contributed by atoms with Gasteiger partial charge in [-0.2, -0.15) is 0 Å². The Bertz CT molecular complexity index is 392. The van der Waals surface area contributed by atoms with Gasteiger partial charge in [0, 0.05) is 18.0 Å². The van der Waals surface area contributed by atoms with Gasteiger partial charge in [0.05, 0.1) is 5.75 Å². The Balaban J connectivity index is 0.000000165. The second-order valence-electron chi connectivity index (χ2n) is 2.92. The molecule has 2 amide bonds. The molecule has 1 fully saturated rings. The van der Waals surface area contributed by atoms with Crippen molar-refractivity contribution in [3.05, 3.63) is 30.1 Å². The molecule has 0 unspecified atom stereocenters. The van der Waals surface area contributed by atoms with Gasteiger partial charge in [0.15, 0.2) is 5.78 Å². The molecule has 0 saturated carbocycles. The number of hydrogen-bond donors (Lipinski definition) is 1. The fourth-order valence-corrected chi connectivity index (χ4v) is 1.42. The number of amides is 2. The van der Waals surface area contributed by atoms with Gasteiger partial charge in [-0.25, -0.2) is 0 Å². The van der Waals surface area contributed by atoms with E-state index in [4.69, 9.17) is 0 Å². The Kier molecular flexibility index (Phi) is 4.65. The lowest BCUT2D eigenvalue weighted by molar-refractivity contribution is -0.117. The first-order chi connectivity index (χ1) is 7.59. The standard InChI is InChI=1S/C7H7NO.C3H3NO2S/c1-6(9)7-2-4-8-5-3-7;5-2-1-7-3(6)4-2/h2-5H,1H3;1H2,(H,4,5,6). The molecule has 0 radical (unpaired) electrons. The molecule has 0 aromatic carbocycles. The predicted octanol–water partition coefficient (Wildman–Crippen LogP) is 1.25. The summed E-state index contributed by atoms with van der Waals surface area (Å²) in [5.41, 5.74) is 0.713. The summed E-state index contributed by atoms with van der Waals surface area (Å²) in [6.07, 6.45) is 3.22. The van der Waals surface area contributed by atoms with E-state index in [9.17, 15) is 14.4 Å². The molecule has 2 heterocycles. The fraction of sp³-hybridized carbons (Fsp3) is 0.200. The second-order valence-corrected chi connectivity index (χ2v) is 3.86. The van der Waals surface area contributed by atoms with Crippen LogP contribution in [-0.4, -0.2) is 27.7 Å². The zero-order valence-corrected chi connectivity index (χ0v) is 9.41. The molecule has 0 atom stereocenters. The van der Waals surface area contributed by atoms with Gasteiger partial charge in [-0.15, -0.1) is 0 Å². The molecule has 6 heteroatoms. The Morgan fingerprint density at radius 1 is 1.38 bits per heavy atom. The van der Waals surface area contributed by atoms with Gasteiger partial charge < -0.3 is 0 Å². The second kappa shape index (κ2) is 6.02. The van der Waals surface area contributed by atoms with Crippen LogP contribution in [0.4, 0.5) is 4.79 Å². The Morgan fingerprint density at radius 3 is 2.25 bits per heavy atom. The van der Waals surface area contributed by atoms with Crippen molar-refractivity contribution >= 4 is 28.7 Å². The molecule has 0 spiro atoms. The number of pyridine rings is 1. The number of nitrogens with one attached hydrogen (secondary N) is 1. The van der Waals surface area contributed by atoms with Crippen LogP contribution in [0.25, 0.3) is 0 Å². The van der Waals surface area contributed by atoms with Crippen LogP contribution < -0.4 is 5.32 Å². The summed E-state index contributed by atoms with van der Waals surface area (Å²) < 4.78 is 0. The van der Waals surface area contributed by atoms with Gasteiger partial charge in [0.25, 0.3) is 5.24 Å². The highest BCUT2D eigenvalue weighted by molar-refractivity contribution is 8.14. The first-order valence-corrected chi connectivity index (χ1v) is 5.45. The summed E-state index contributed by atoms with van der Waals surface area (Å²) in [7, 11) is 0. The molecule has 16 heavy (non-hydrogen) atoms. The molecule has 1 aliphatic rings. The normalized spacial score (nSPS) is 13.8. The molecule has 0 bridgehead atoms. The molecular weight excluding hydrogens is 228 g/mol. The van der Waals surface area contributed by atoms with Gasteiger partial charge in [0.2, 0.25) is 5.91 Å². The Labute approximate surface area is 96.6 Å². The molecular formula is C10H10N2O3S. The van der Waals surface area contributed by atoms with Gasteiger partial charge in [-0.1, -0.05) is 11.8 Å². The molecule has 1 aromatic heterocycles. The van der Waals surface area contributed by atoms with E-state index in [1.807, 2.05) is 0 Å². The van der Waals surface area contributed by atoms with Gasteiger partial charge in [-0.3, -0.25) is 24.7 Å². The smallest absolute Gasteiger partial charge is 0.286 e. The van der Waals surface area contributed by atoms with Crippen molar-refractivity contribution in [2.24, 2.45) is 0 Å². The van der Waals surface area contributed by atoms with Crippen LogP contribution in [0.2, 0.25) is 0 Å². The van der Waals surface area contributed by atoms with Crippen LogP contribution in [0.3, 0.4) is 0 Å². The third-order valence-electron chi connectivity index (χ3n) is 1.66. The van der Waals surface area contributed by atoms with Gasteiger partial charge in [0.1, 0.15) is 0 Å². The summed E-state index contributed by atoms with van der Waals surface area (Å²) in [4.78, 5) is 34.6. The van der Waals surface area contributed by atoms with Crippen molar-refractivity contribution in [2.75, 3.05) is 5.75 Å². The third kappa shape index (κ3) is 4.22. The summed E-state index contributed by atoms with van der Waals surface area (Å²) in [5, 5.41) is 1.87. The lowest BCUT2D eigenvalue weighted by Crippen LogP contribution is -2.18. The number of imide groups is 1. The van der Waals surface area contributed by atoms with E-state index in [1.165, 1.54) is 6.92 Å². The van der Waals surface area contributed by atoms with Crippen LogP contribution >= 0.6 is 11.8 Å². The number of carbonyl (C=O) groups is 3. The van der Waals surface area contributed by atoms with Crippen LogP contribution in [-0.2, 0) is 4.79 Å². The largest absolute Gasteiger partial charge is 0.295 e. The molecule has 1 N–H and O–H groups in total. The zero-order chi connectivity index (χ0) is 12.0. The lowest BCUT2D eigenvalue weighted by Gasteiger charge is -1.88. The number of rotatable bonds is 1. The maximum atomic E-state index is 10.6. The van der Waals surface area contributed by atoms with Crippen LogP contribution in [0.5, 0.6) is 0 Å². The average molecular weight is 238 g/mol. The maximum absolute atomic E-state index is 10.6. The highest BCUT2D eigenvalue weighted by Crippen LogP contribution is 2.06. The van der Waals surface area contributed by atoms with E-state index < -0.39 is 0 Å². The van der Waals surface area contributed by atoms with Crippen LogP contribution in [0.1, 0.15) is 17.3 Å². The topological polar surface area (TPSA) is 76.1 Å². The van der Waals surface area contributed by atoms with Crippen molar-refractivity contribution in [1.82, 2.24) is 10.3 Å². The molecule has 5 nitrogen and oxygen atoms in total. The average Bonchev–Trinajstić information content (AvgIpc) is 2.65. The third-order valence-corrected chi connectivity index (χ3v) is 2.43. The molecule has 1 aliphatic heterocycles. The zero-order valence-electron chi connectivity index (χ0n) is 8.60. The van der Waals surface area contributed by atoms with Crippen molar-refractivity contribution < 1.29 is 14.4 Å². The Morgan fingerprint density at radius 2 is 2.00 bits per heavy atom. The highest BCUT2D eigenvalue weighted by atomic mass is 32.2. The fourth-order valence-electron chi connectivity index (χ4n) is 0.904. The Hall–Kier alpha value is -1.69.